The summed E-state index contributed by atoms with van der Waals surface area (Å²) in [5.41, 5.74) is 6.62. The molecule has 26 heavy (non-hydrogen) atoms. The van der Waals surface area contributed by atoms with Gasteiger partial charge in [-0.15, -0.1) is 0 Å². The number of primary amides is 1. The fraction of sp³-hybridized carbons (Fsp3) is 0.263. The normalized spacial score (nSPS) is 17.1. The van der Waals surface area contributed by atoms with Crippen molar-refractivity contribution in [2.45, 2.75) is 13.0 Å². The Bertz CT molecular complexity index is 827. The van der Waals surface area contributed by atoms with E-state index in [0.717, 1.165) is 0 Å². The van der Waals surface area contributed by atoms with Gasteiger partial charge in [-0.1, -0.05) is 18.2 Å². The molecule has 1 fully saturated rings. The minimum Gasteiger partial charge on any atom is -0.365 e. The van der Waals surface area contributed by atoms with Gasteiger partial charge in [-0.25, -0.2) is 9.18 Å². The van der Waals surface area contributed by atoms with Crippen LogP contribution in [0.15, 0.2) is 48.5 Å². The van der Waals surface area contributed by atoms with Gasteiger partial charge in [-0.3, -0.25) is 4.79 Å². The van der Waals surface area contributed by atoms with Gasteiger partial charge in [-0.2, -0.15) is 0 Å². The van der Waals surface area contributed by atoms with E-state index in [1.807, 2.05) is 11.8 Å². The molecule has 136 valence electrons. The molecule has 2 aromatic rings. The number of anilines is 2. The highest BCUT2D eigenvalue weighted by Gasteiger charge is 2.29. The Balaban J connectivity index is 1.72. The summed E-state index contributed by atoms with van der Waals surface area (Å²) in [6.07, 6.45) is 0. The third kappa shape index (κ3) is 3.77. The summed E-state index contributed by atoms with van der Waals surface area (Å²) in [6.45, 7) is 3.53. The average molecular weight is 356 g/mol. The van der Waals surface area contributed by atoms with E-state index in [1.165, 1.54) is 6.07 Å². The first-order chi connectivity index (χ1) is 12.5. The molecule has 1 aliphatic heterocycles. The smallest absolute Gasteiger partial charge is 0.316 e. The van der Waals surface area contributed by atoms with Gasteiger partial charge in [-0.05, 0) is 37.3 Å². The summed E-state index contributed by atoms with van der Waals surface area (Å²) in [7, 11) is 0. The van der Waals surface area contributed by atoms with Crippen LogP contribution < -0.4 is 16.0 Å². The Labute approximate surface area is 151 Å². The maximum Gasteiger partial charge on any atom is 0.316 e. The minimum atomic E-state index is -0.679. The number of para-hydroxylation sites is 1. The number of nitrogens with two attached hydrogens (primary N) is 1. The van der Waals surface area contributed by atoms with Gasteiger partial charge in [0.2, 0.25) is 0 Å². The minimum absolute atomic E-state index is 0.0800. The summed E-state index contributed by atoms with van der Waals surface area (Å²) in [5.74, 6) is -0.386. The molecule has 3 amide bonds. The SMILES string of the molecule is C[C@@H]1CN(c2ccccc2F)CCN1C(=O)c1cccc(NC(N)=O)c1. The van der Waals surface area contributed by atoms with E-state index in [-0.39, 0.29) is 17.8 Å². The van der Waals surface area contributed by atoms with Crippen LogP contribution in [0.2, 0.25) is 0 Å². The first-order valence-corrected chi connectivity index (χ1v) is 8.42. The Morgan fingerprint density at radius 2 is 1.92 bits per heavy atom. The highest BCUT2D eigenvalue weighted by molar-refractivity contribution is 5.97. The second kappa shape index (κ2) is 7.43. The lowest BCUT2D eigenvalue weighted by Gasteiger charge is -2.41. The second-order valence-corrected chi connectivity index (χ2v) is 6.32. The highest BCUT2D eigenvalue weighted by atomic mass is 19.1. The number of carbonyl (C=O) groups excluding carboxylic acids is 2. The van der Waals surface area contributed by atoms with E-state index in [4.69, 9.17) is 5.73 Å². The summed E-state index contributed by atoms with van der Waals surface area (Å²) in [4.78, 5) is 27.5. The zero-order chi connectivity index (χ0) is 18.7. The van der Waals surface area contributed by atoms with E-state index >= 15 is 0 Å². The lowest BCUT2D eigenvalue weighted by molar-refractivity contribution is 0.0674. The van der Waals surface area contributed by atoms with Crippen molar-refractivity contribution in [1.82, 2.24) is 4.90 Å². The molecular weight excluding hydrogens is 335 g/mol. The van der Waals surface area contributed by atoms with Crippen LogP contribution in [0.5, 0.6) is 0 Å². The maximum absolute atomic E-state index is 14.0. The molecule has 2 aromatic carbocycles. The van der Waals surface area contributed by atoms with Gasteiger partial charge in [0.25, 0.3) is 5.91 Å². The molecule has 7 heteroatoms. The van der Waals surface area contributed by atoms with Crippen molar-refractivity contribution in [2.75, 3.05) is 29.9 Å². The van der Waals surface area contributed by atoms with E-state index in [9.17, 15) is 14.0 Å². The zero-order valence-corrected chi connectivity index (χ0v) is 14.5. The van der Waals surface area contributed by atoms with Crippen molar-refractivity contribution in [2.24, 2.45) is 5.73 Å². The Morgan fingerprint density at radius 1 is 1.15 bits per heavy atom. The molecule has 0 unspecified atom stereocenters. The Hall–Kier alpha value is -3.09. The molecule has 3 N–H and O–H groups in total. The summed E-state index contributed by atoms with van der Waals surface area (Å²) in [6, 6.07) is 12.6. The number of rotatable bonds is 3. The number of halogens is 1. The fourth-order valence-electron chi connectivity index (χ4n) is 3.22. The molecular formula is C19H21FN4O2. The van der Waals surface area contributed by atoms with Crippen molar-refractivity contribution in [1.29, 1.82) is 0 Å². The number of nitrogens with one attached hydrogen (secondary N) is 1. The van der Waals surface area contributed by atoms with E-state index in [1.54, 1.807) is 47.4 Å². The number of carbonyl (C=O) groups is 2. The topological polar surface area (TPSA) is 78.7 Å². The number of amides is 3. The van der Waals surface area contributed by atoms with E-state index in [0.29, 0.717) is 36.6 Å². The average Bonchev–Trinajstić information content (AvgIpc) is 2.61. The Kier molecular flexibility index (Phi) is 5.06. The zero-order valence-electron chi connectivity index (χ0n) is 14.5. The van der Waals surface area contributed by atoms with Crippen LogP contribution in [0.4, 0.5) is 20.6 Å². The van der Waals surface area contributed by atoms with Crippen molar-refractivity contribution in [3.63, 3.8) is 0 Å². The standard InChI is InChI=1S/C19H21FN4O2/c1-13-12-23(17-8-3-2-7-16(17)20)9-10-24(13)18(25)14-5-4-6-15(11-14)22-19(21)26/h2-8,11,13H,9-10,12H2,1H3,(H3,21,22,26)/t13-/m1/s1. The number of hydrogen-bond donors (Lipinski definition) is 2. The lowest BCUT2D eigenvalue weighted by atomic mass is 10.1. The molecule has 0 saturated carbocycles. The molecule has 0 bridgehead atoms. The summed E-state index contributed by atoms with van der Waals surface area (Å²) >= 11 is 0. The maximum atomic E-state index is 14.0. The van der Waals surface area contributed by atoms with Crippen LogP contribution in [0.25, 0.3) is 0 Å². The number of hydrogen-bond acceptors (Lipinski definition) is 3. The number of urea groups is 1. The summed E-state index contributed by atoms with van der Waals surface area (Å²) in [5, 5.41) is 2.47. The third-order valence-electron chi connectivity index (χ3n) is 4.46. The van der Waals surface area contributed by atoms with Gasteiger partial charge < -0.3 is 20.9 Å². The molecule has 0 aromatic heterocycles. The molecule has 0 aliphatic carbocycles. The molecule has 0 radical (unpaired) electrons. The largest absolute Gasteiger partial charge is 0.365 e. The van der Waals surface area contributed by atoms with Crippen LogP contribution in [0.1, 0.15) is 17.3 Å². The molecule has 0 spiro atoms. The van der Waals surface area contributed by atoms with E-state index < -0.39 is 6.03 Å². The monoisotopic (exact) mass is 356 g/mol. The van der Waals surface area contributed by atoms with Crippen molar-refractivity contribution >= 4 is 23.3 Å². The molecule has 1 saturated heterocycles. The van der Waals surface area contributed by atoms with Crippen molar-refractivity contribution in [3.8, 4) is 0 Å². The Morgan fingerprint density at radius 3 is 2.62 bits per heavy atom. The van der Waals surface area contributed by atoms with Crippen LogP contribution in [0, 0.1) is 5.82 Å². The van der Waals surface area contributed by atoms with Crippen LogP contribution in [0.3, 0.4) is 0 Å². The number of piperazine rings is 1. The molecule has 1 heterocycles. The lowest BCUT2D eigenvalue weighted by Crippen LogP contribution is -2.54. The van der Waals surface area contributed by atoms with Crippen molar-refractivity contribution < 1.29 is 14.0 Å². The first-order valence-electron chi connectivity index (χ1n) is 8.42. The number of benzene rings is 2. The van der Waals surface area contributed by atoms with Gasteiger partial charge in [0.1, 0.15) is 5.82 Å². The van der Waals surface area contributed by atoms with Crippen molar-refractivity contribution in [3.05, 3.63) is 59.9 Å². The van der Waals surface area contributed by atoms with Crippen LogP contribution in [-0.2, 0) is 0 Å². The molecule has 1 atom stereocenters. The first kappa shape index (κ1) is 17.7. The van der Waals surface area contributed by atoms with Crippen LogP contribution in [-0.4, -0.2) is 42.5 Å². The molecule has 3 rings (SSSR count). The predicted octanol–water partition coefficient (Wildman–Crippen LogP) is 2.67. The van der Waals surface area contributed by atoms with Gasteiger partial charge in [0.15, 0.2) is 0 Å². The quantitative estimate of drug-likeness (QED) is 0.887. The molecule has 1 aliphatic rings. The number of nitrogens with zero attached hydrogens (tertiary/aromatic N) is 2. The van der Waals surface area contributed by atoms with Gasteiger partial charge in [0.05, 0.1) is 5.69 Å². The molecule has 6 nitrogen and oxygen atoms in total. The second-order valence-electron chi connectivity index (χ2n) is 6.32. The predicted molar refractivity (Wildman–Crippen MR) is 98.8 cm³/mol. The van der Waals surface area contributed by atoms with Gasteiger partial charge in [0, 0.05) is 36.9 Å². The summed E-state index contributed by atoms with van der Waals surface area (Å²) < 4.78 is 14.0. The van der Waals surface area contributed by atoms with Crippen LogP contribution >= 0.6 is 0 Å². The fourth-order valence-corrected chi connectivity index (χ4v) is 3.22. The van der Waals surface area contributed by atoms with E-state index in [2.05, 4.69) is 5.32 Å². The third-order valence-corrected chi connectivity index (χ3v) is 4.46. The van der Waals surface area contributed by atoms with Gasteiger partial charge >= 0.3 is 6.03 Å². The highest BCUT2D eigenvalue weighted by Crippen LogP contribution is 2.23.